The van der Waals surface area contributed by atoms with Gasteiger partial charge < -0.3 is 9.47 Å². The maximum atomic E-state index is 4.98. The number of hydrogen-bond donors (Lipinski definition) is 0. The molecule has 0 amide bonds. The van der Waals surface area contributed by atoms with E-state index in [0.717, 1.165) is 11.5 Å². The molecule has 0 heterocycles. The second-order valence-electron chi connectivity index (χ2n) is 1.88. The van der Waals surface area contributed by atoms with Gasteiger partial charge in [-0.1, -0.05) is 6.07 Å². The largest absolute Gasteiger partial charge is 0.497 e. The zero-order chi connectivity index (χ0) is 7.40. The molecular weight excluding hydrogens is 179 g/mol. The van der Waals surface area contributed by atoms with Gasteiger partial charge in [0, 0.05) is 24.6 Å². The van der Waals surface area contributed by atoms with E-state index in [1.54, 1.807) is 14.2 Å². The molecule has 0 N–H and O–H groups in total. The minimum Gasteiger partial charge on any atom is -0.497 e. The Hall–Kier alpha value is -0.596. The second kappa shape index (κ2) is 5.11. The van der Waals surface area contributed by atoms with Crippen LogP contribution in [-0.2, 0) is 18.6 Å². The molecule has 0 aliphatic heterocycles. The minimum atomic E-state index is 0. The summed E-state index contributed by atoms with van der Waals surface area (Å²) >= 11 is 0. The number of hydrogen-bond acceptors (Lipinski definition) is 2. The smallest absolute Gasteiger partial charge is 0.122 e. The van der Waals surface area contributed by atoms with Gasteiger partial charge in [0.05, 0.1) is 14.2 Å². The first-order chi connectivity index (χ1) is 4.86. The Morgan fingerprint density at radius 1 is 1.00 bits per heavy atom. The van der Waals surface area contributed by atoms with Gasteiger partial charge in [0.1, 0.15) is 11.5 Å². The summed E-state index contributed by atoms with van der Waals surface area (Å²) in [6.45, 7) is 0. The van der Waals surface area contributed by atoms with Crippen LogP contribution in [0, 0.1) is 0 Å². The molecule has 0 unspecified atom stereocenters. The first-order valence-electron chi connectivity index (χ1n) is 3.05. The predicted octanol–water partition coefficient (Wildman–Crippen LogP) is 1.70. The van der Waals surface area contributed by atoms with Crippen LogP contribution in [0.2, 0.25) is 0 Å². The van der Waals surface area contributed by atoms with Crippen molar-refractivity contribution in [3.8, 4) is 11.5 Å². The summed E-state index contributed by atoms with van der Waals surface area (Å²) in [7, 11) is 3.27. The van der Waals surface area contributed by atoms with Crippen LogP contribution in [0.4, 0.5) is 0 Å². The standard InChI is InChI=1S/C8H10O2.V/c1-9-7-4-3-5-8(6-7)10-2;/h3-6H,1-2H3;. The van der Waals surface area contributed by atoms with E-state index >= 15 is 0 Å². The molecule has 0 bridgehead atoms. The fourth-order valence-electron chi connectivity index (χ4n) is 0.728. The molecule has 0 saturated carbocycles. The Labute approximate surface area is 78.4 Å². The summed E-state index contributed by atoms with van der Waals surface area (Å²) in [5.41, 5.74) is 0. The zero-order valence-electron chi connectivity index (χ0n) is 6.57. The van der Waals surface area contributed by atoms with E-state index in [1.807, 2.05) is 24.3 Å². The van der Waals surface area contributed by atoms with E-state index in [9.17, 15) is 0 Å². The van der Waals surface area contributed by atoms with Crippen LogP contribution in [-0.4, -0.2) is 14.2 Å². The van der Waals surface area contributed by atoms with Gasteiger partial charge in [-0.2, -0.15) is 0 Å². The van der Waals surface area contributed by atoms with E-state index in [1.165, 1.54) is 0 Å². The van der Waals surface area contributed by atoms with Crippen molar-refractivity contribution in [1.29, 1.82) is 0 Å². The van der Waals surface area contributed by atoms with Crippen molar-refractivity contribution in [2.24, 2.45) is 0 Å². The summed E-state index contributed by atoms with van der Waals surface area (Å²) in [4.78, 5) is 0. The first kappa shape index (κ1) is 10.4. The maximum absolute atomic E-state index is 4.98. The van der Waals surface area contributed by atoms with Gasteiger partial charge in [-0.15, -0.1) is 0 Å². The van der Waals surface area contributed by atoms with Gasteiger partial charge >= 0.3 is 0 Å². The normalized spacial score (nSPS) is 8.18. The number of rotatable bonds is 2. The van der Waals surface area contributed by atoms with Crippen molar-refractivity contribution in [3.63, 3.8) is 0 Å². The molecule has 0 fully saturated rings. The molecule has 0 saturated heterocycles. The summed E-state index contributed by atoms with van der Waals surface area (Å²) in [6, 6.07) is 7.47. The molecule has 0 spiro atoms. The van der Waals surface area contributed by atoms with Crippen LogP contribution >= 0.6 is 0 Å². The quantitative estimate of drug-likeness (QED) is 0.704. The molecule has 2 nitrogen and oxygen atoms in total. The topological polar surface area (TPSA) is 18.5 Å². The number of benzene rings is 1. The molecule has 0 aliphatic carbocycles. The van der Waals surface area contributed by atoms with Gasteiger partial charge in [-0.3, -0.25) is 0 Å². The van der Waals surface area contributed by atoms with Gasteiger partial charge in [0.15, 0.2) is 0 Å². The van der Waals surface area contributed by atoms with E-state index in [-0.39, 0.29) is 18.6 Å². The summed E-state index contributed by atoms with van der Waals surface area (Å²) in [5.74, 6) is 1.64. The number of methoxy groups -OCH3 is 2. The van der Waals surface area contributed by atoms with Crippen molar-refractivity contribution in [1.82, 2.24) is 0 Å². The van der Waals surface area contributed by atoms with Crippen molar-refractivity contribution in [2.45, 2.75) is 0 Å². The maximum Gasteiger partial charge on any atom is 0.122 e. The van der Waals surface area contributed by atoms with E-state index in [0.29, 0.717) is 0 Å². The molecular formula is C8H10O2V. The summed E-state index contributed by atoms with van der Waals surface area (Å²) in [5, 5.41) is 0. The van der Waals surface area contributed by atoms with Crippen LogP contribution < -0.4 is 9.47 Å². The fraction of sp³-hybridized carbons (Fsp3) is 0.250. The third kappa shape index (κ3) is 2.87. The van der Waals surface area contributed by atoms with Gasteiger partial charge in [0.25, 0.3) is 0 Å². The van der Waals surface area contributed by atoms with E-state index < -0.39 is 0 Å². The molecule has 0 atom stereocenters. The van der Waals surface area contributed by atoms with Crippen LogP contribution in [0.15, 0.2) is 24.3 Å². The molecule has 1 aromatic carbocycles. The average molecular weight is 189 g/mol. The Bertz CT molecular complexity index is 194. The van der Waals surface area contributed by atoms with Crippen molar-refractivity contribution in [2.75, 3.05) is 14.2 Å². The fourth-order valence-corrected chi connectivity index (χ4v) is 0.728. The second-order valence-corrected chi connectivity index (χ2v) is 1.88. The third-order valence-corrected chi connectivity index (χ3v) is 1.28. The van der Waals surface area contributed by atoms with Gasteiger partial charge in [-0.25, -0.2) is 0 Å². The predicted molar refractivity (Wildman–Crippen MR) is 39.5 cm³/mol. The van der Waals surface area contributed by atoms with Crippen LogP contribution in [0.1, 0.15) is 0 Å². The van der Waals surface area contributed by atoms with Crippen LogP contribution in [0.25, 0.3) is 0 Å². The summed E-state index contributed by atoms with van der Waals surface area (Å²) in [6.07, 6.45) is 0. The molecule has 3 heteroatoms. The average Bonchev–Trinajstić information content (AvgIpc) is 2.05. The SMILES string of the molecule is COc1cccc(OC)c1.[V]. The molecule has 1 radical (unpaired) electrons. The van der Waals surface area contributed by atoms with E-state index in [4.69, 9.17) is 9.47 Å². The van der Waals surface area contributed by atoms with Gasteiger partial charge in [-0.05, 0) is 12.1 Å². The Morgan fingerprint density at radius 2 is 1.45 bits per heavy atom. The molecule has 0 aliphatic rings. The Kier molecular flexibility index (Phi) is 4.83. The molecule has 1 rings (SSSR count). The molecule has 59 valence electrons. The van der Waals surface area contributed by atoms with Crippen molar-refractivity contribution < 1.29 is 28.0 Å². The Balaban J connectivity index is 0.000001000. The van der Waals surface area contributed by atoms with E-state index in [2.05, 4.69) is 0 Å². The minimum absolute atomic E-state index is 0. The number of ether oxygens (including phenoxy) is 2. The molecule has 0 aromatic heterocycles. The zero-order valence-corrected chi connectivity index (χ0v) is 7.97. The molecule has 1 aromatic rings. The van der Waals surface area contributed by atoms with Crippen LogP contribution in [0.5, 0.6) is 11.5 Å². The van der Waals surface area contributed by atoms with Gasteiger partial charge in [0.2, 0.25) is 0 Å². The van der Waals surface area contributed by atoms with Crippen LogP contribution in [0.3, 0.4) is 0 Å². The summed E-state index contributed by atoms with van der Waals surface area (Å²) < 4.78 is 9.95. The monoisotopic (exact) mass is 189 g/mol. The Morgan fingerprint density at radius 3 is 1.82 bits per heavy atom. The van der Waals surface area contributed by atoms with Crippen molar-refractivity contribution in [3.05, 3.63) is 24.3 Å². The third-order valence-electron chi connectivity index (χ3n) is 1.28. The molecule has 11 heavy (non-hydrogen) atoms. The first-order valence-corrected chi connectivity index (χ1v) is 3.05. The van der Waals surface area contributed by atoms with Crippen molar-refractivity contribution >= 4 is 0 Å².